The molecule has 0 unspecified atom stereocenters. The number of unbranched alkanes of at least 4 members (excludes halogenated alkanes) is 2. The van der Waals surface area contributed by atoms with Gasteiger partial charge in [0.1, 0.15) is 11.5 Å². The summed E-state index contributed by atoms with van der Waals surface area (Å²) in [6.45, 7) is 6.78. The molecule has 0 atom stereocenters. The van der Waals surface area contributed by atoms with E-state index < -0.39 is 21.2 Å². The maximum Gasteiger partial charge on any atom is 0.333 e. The second-order valence-electron chi connectivity index (χ2n) is 9.71. The maximum absolute atomic E-state index is 14.1. The highest BCUT2D eigenvalue weighted by Gasteiger charge is 2.42. The molecular weight excluding hydrogens is 522 g/mol. The maximum atomic E-state index is 14.1. The summed E-state index contributed by atoms with van der Waals surface area (Å²) in [6.07, 6.45) is 9.79. The number of phenols is 1. The lowest BCUT2D eigenvalue weighted by Crippen LogP contribution is -2.38. The summed E-state index contributed by atoms with van der Waals surface area (Å²) < 4.78 is 38.8. The van der Waals surface area contributed by atoms with Crippen LogP contribution in [0, 0.1) is 5.41 Å². The first-order chi connectivity index (χ1) is 18.2. The average Bonchev–Trinajstić information content (AvgIpc) is 2.98. The van der Waals surface area contributed by atoms with Crippen molar-refractivity contribution in [3.63, 3.8) is 0 Å². The molecule has 0 fully saturated rings. The molecule has 0 aromatic heterocycles. The Kier molecular flexibility index (Phi) is 10.6. The summed E-state index contributed by atoms with van der Waals surface area (Å²) in [4.78, 5) is 14.8. The Bertz CT molecular complexity index is 1220. The average molecular weight is 562 g/mol. The predicted octanol–water partition coefficient (Wildman–Crippen LogP) is 6.86. The number of carbonyl (C=O) groups is 1. The molecule has 208 valence electrons. The Morgan fingerprint density at radius 1 is 1.11 bits per heavy atom. The first kappa shape index (κ1) is 29.9. The zero-order valence-corrected chi connectivity index (χ0v) is 24.4. The molecule has 0 aliphatic carbocycles. The van der Waals surface area contributed by atoms with E-state index in [1.807, 2.05) is 24.5 Å². The van der Waals surface area contributed by atoms with Crippen LogP contribution in [0.5, 0.6) is 11.5 Å². The van der Waals surface area contributed by atoms with Crippen LogP contribution in [0.1, 0.15) is 59.3 Å². The van der Waals surface area contributed by atoms with Gasteiger partial charge in [0.25, 0.3) is 0 Å². The Morgan fingerprint density at radius 3 is 2.34 bits per heavy atom. The summed E-state index contributed by atoms with van der Waals surface area (Å²) in [5, 5.41) is 9.92. The van der Waals surface area contributed by atoms with Gasteiger partial charge in [0.05, 0.1) is 40.2 Å². The van der Waals surface area contributed by atoms with Crippen LogP contribution in [0.15, 0.2) is 58.5 Å². The highest BCUT2D eigenvalue weighted by molar-refractivity contribution is 7.98. The molecule has 0 bridgehead atoms. The summed E-state index contributed by atoms with van der Waals surface area (Å²) in [5.41, 5.74) is 0.990. The van der Waals surface area contributed by atoms with Crippen molar-refractivity contribution in [3.8, 4) is 11.5 Å². The normalized spacial score (nSPS) is 16.2. The van der Waals surface area contributed by atoms with Crippen LogP contribution in [0.3, 0.4) is 0 Å². The van der Waals surface area contributed by atoms with Gasteiger partial charge in [0.2, 0.25) is 0 Å². The molecule has 7 nitrogen and oxygen atoms in total. The van der Waals surface area contributed by atoms with Crippen LogP contribution in [0.25, 0.3) is 0 Å². The SMILES string of the molecule is CCCCC1(CCCC)CN(c2ccc(O)cc2)c2cc(SC)c(O/C=C/C(=O)OCC)cc2S(=O)(=O)C1. The van der Waals surface area contributed by atoms with Gasteiger partial charge in [-0.15, -0.1) is 11.8 Å². The number of esters is 1. The third-order valence-corrected chi connectivity index (χ3v) is 9.58. The quantitative estimate of drug-likeness (QED) is 0.130. The number of fused-ring (bicyclic) bond motifs is 1. The van der Waals surface area contributed by atoms with E-state index >= 15 is 0 Å². The number of rotatable bonds is 12. The molecular formula is C29H39NO6S2. The molecule has 9 heteroatoms. The van der Waals surface area contributed by atoms with Gasteiger partial charge in [-0.25, -0.2) is 13.2 Å². The minimum atomic E-state index is -3.69. The number of thioether (sulfide) groups is 1. The molecule has 0 spiro atoms. The number of anilines is 2. The van der Waals surface area contributed by atoms with Gasteiger partial charge in [-0.2, -0.15) is 0 Å². The fourth-order valence-corrected chi connectivity index (χ4v) is 7.59. The molecule has 0 radical (unpaired) electrons. The Morgan fingerprint density at radius 2 is 1.76 bits per heavy atom. The second kappa shape index (κ2) is 13.4. The van der Waals surface area contributed by atoms with E-state index in [2.05, 4.69) is 18.7 Å². The minimum Gasteiger partial charge on any atom is -0.508 e. The van der Waals surface area contributed by atoms with E-state index in [0.29, 0.717) is 18.0 Å². The molecule has 2 aromatic rings. The zero-order valence-electron chi connectivity index (χ0n) is 22.7. The molecule has 0 saturated carbocycles. The number of nitrogens with zero attached hydrogens (tertiary/aromatic N) is 1. The van der Waals surface area contributed by atoms with Gasteiger partial charge < -0.3 is 19.5 Å². The van der Waals surface area contributed by atoms with E-state index in [0.717, 1.165) is 49.1 Å². The number of hydrogen-bond donors (Lipinski definition) is 1. The number of benzene rings is 2. The molecule has 1 N–H and O–H groups in total. The minimum absolute atomic E-state index is 0.0539. The third-order valence-electron chi connectivity index (χ3n) is 6.83. The molecule has 0 saturated heterocycles. The first-order valence-corrected chi connectivity index (χ1v) is 16.1. The predicted molar refractivity (Wildman–Crippen MR) is 153 cm³/mol. The van der Waals surface area contributed by atoms with Gasteiger partial charge in [-0.3, -0.25) is 0 Å². The van der Waals surface area contributed by atoms with E-state index in [9.17, 15) is 18.3 Å². The van der Waals surface area contributed by atoms with E-state index in [1.54, 1.807) is 25.1 Å². The van der Waals surface area contributed by atoms with Crippen molar-refractivity contribution in [1.29, 1.82) is 0 Å². The molecule has 1 aliphatic heterocycles. The number of aromatic hydroxyl groups is 1. The number of ether oxygens (including phenoxy) is 2. The summed E-state index contributed by atoms with van der Waals surface area (Å²) in [6, 6.07) is 10.3. The van der Waals surface area contributed by atoms with Gasteiger partial charge >= 0.3 is 5.97 Å². The van der Waals surface area contributed by atoms with Crippen molar-refractivity contribution in [2.75, 3.05) is 30.1 Å². The lowest BCUT2D eigenvalue weighted by Gasteiger charge is -2.37. The second-order valence-corrected chi connectivity index (χ2v) is 12.5. The van der Waals surface area contributed by atoms with Gasteiger partial charge in [0.15, 0.2) is 9.84 Å². The molecule has 0 amide bonds. The first-order valence-electron chi connectivity index (χ1n) is 13.2. The van der Waals surface area contributed by atoms with Crippen molar-refractivity contribution >= 4 is 38.9 Å². The molecule has 3 rings (SSSR count). The zero-order chi connectivity index (χ0) is 27.8. The number of carbonyl (C=O) groups excluding carboxylic acids is 1. The number of sulfone groups is 1. The van der Waals surface area contributed by atoms with Crippen LogP contribution in [-0.4, -0.2) is 44.7 Å². The molecule has 2 aromatic carbocycles. The van der Waals surface area contributed by atoms with Crippen molar-refractivity contribution < 1.29 is 27.8 Å². The van der Waals surface area contributed by atoms with Crippen molar-refractivity contribution in [2.45, 2.75) is 69.1 Å². The fraction of sp³-hybridized carbons (Fsp3) is 0.483. The lowest BCUT2D eigenvalue weighted by atomic mass is 9.79. The van der Waals surface area contributed by atoms with Crippen molar-refractivity contribution in [2.24, 2.45) is 5.41 Å². The van der Waals surface area contributed by atoms with Crippen LogP contribution < -0.4 is 9.64 Å². The van der Waals surface area contributed by atoms with E-state index in [-0.39, 0.29) is 23.0 Å². The summed E-state index contributed by atoms with van der Waals surface area (Å²) >= 11 is 1.44. The highest BCUT2D eigenvalue weighted by atomic mass is 32.2. The van der Waals surface area contributed by atoms with Gasteiger partial charge in [-0.05, 0) is 56.4 Å². The van der Waals surface area contributed by atoms with Crippen molar-refractivity contribution in [3.05, 3.63) is 48.7 Å². The van der Waals surface area contributed by atoms with E-state index in [4.69, 9.17) is 9.47 Å². The standard InChI is InChI=1S/C29H39NO6S2/c1-5-8-15-29(16-9-6-2)20-30(22-10-12-23(31)13-11-22)24-18-26(37-4)25(19-27(24)38(33,34)21-29)36-17-14-28(32)35-7-3/h10-14,17-19,31H,5-9,15-16,20-21H2,1-4H3/b17-14+. The number of hydrogen-bond acceptors (Lipinski definition) is 8. The Balaban J connectivity index is 2.19. The Hall–Kier alpha value is -2.65. The summed E-state index contributed by atoms with van der Waals surface area (Å²) in [5.74, 6) is 0.0381. The van der Waals surface area contributed by atoms with Crippen LogP contribution >= 0.6 is 11.8 Å². The van der Waals surface area contributed by atoms with E-state index in [1.165, 1.54) is 24.1 Å². The van der Waals surface area contributed by atoms with Gasteiger partial charge in [0, 0.05) is 23.7 Å². The summed E-state index contributed by atoms with van der Waals surface area (Å²) in [7, 11) is -3.69. The van der Waals surface area contributed by atoms with Crippen molar-refractivity contribution in [1.82, 2.24) is 0 Å². The monoisotopic (exact) mass is 561 g/mol. The van der Waals surface area contributed by atoms with Crippen LogP contribution in [-0.2, 0) is 19.4 Å². The smallest absolute Gasteiger partial charge is 0.333 e. The van der Waals surface area contributed by atoms with Crippen LogP contribution in [0.2, 0.25) is 0 Å². The molecule has 38 heavy (non-hydrogen) atoms. The highest BCUT2D eigenvalue weighted by Crippen LogP contribution is 2.48. The number of phenolic OH excluding ortho intramolecular Hbond substituents is 1. The van der Waals surface area contributed by atoms with Gasteiger partial charge in [-0.1, -0.05) is 39.5 Å². The Labute approximate surface area is 231 Å². The fourth-order valence-electron chi connectivity index (χ4n) is 4.94. The third kappa shape index (κ3) is 7.26. The molecule has 1 heterocycles. The lowest BCUT2D eigenvalue weighted by molar-refractivity contribution is -0.137. The largest absolute Gasteiger partial charge is 0.508 e. The molecule has 1 aliphatic rings. The topological polar surface area (TPSA) is 93.1 Å². The van der Waals surface area contributed by atoms with Crippen LogP contribution in [0.4, 0.5) is 11.4 Å².